The summed E-state index contributed by atoms with van der Waals surface area (Å²) in [6.07, 6.45) is 8.71. The molecule has 0 saturated carbocycles. The summed E-state index contributed by atoms with van der Waals surface area (Å²) in [7, 11) is 0. The van der Waals surface area contributed by atoms with E-state index in [1.165, 1.54) is 44.0 Å². The number of pyridine rings is 1. The molecule has 4 N–H and O–H groups in total. The average Bonchev–Trinajstić information content (AvgIpc) is 2.99. The van der Waals surface area contributed by atoms with Crippen molar-refractivity contribution < 1.29 is 9.18 Å². The number of unbranched alkanes of at least 4 members (excludes halogenated alkanes) is 5. The van der Waals surface area contributed by atoms with E-state index in [1.807, 2.05) is 0 Å². The van der Waals surface area contributed by atoms with E-state index in [2.05, 4.69) is 22.2 Å². The first-order valence-corrected chi connectivity index (χ1v) is 9.25. The number of hydrogen-bond donors (Lipinski definition) is 3. The van der Waals surface area contributed by atoms with Crippen LogP contribution in [0.1, 0.15) is 55.8 Å². The van der Waals surface area contributed by atoms with Gasteiger partial charge in [-0.25, -0.2) is 9.37 Å². The van der Waals surface area contributed by atoms with Crippen molar-refractivity contribution in [3.8, 4) is 0 Å². The van der Waals surface area contributed by atoms with Gasteiger partial charge in [-0.2, -0.15) is 0 Å². The number of benzene rings is 1. The van der Waals surface area contributed by atoms with Crippen molar-refractivity contribution in [2.45, 2.75) is 45.4 Å². The Morgan fingerprint density at radius 1 is 1.23 bits per heavy atom. The Bertz CT molecular complexity index is 919. The number of H-pyrrole nitrogens is 1. The van der Waals surface area contributed by atoms with Gasteiger partial charge in [0.25, 0.3) is 5.91 Å². The summed E-state index contributed by atoms with van der Waals surface area (Å²) in [5, 5.41) is 4.74. The molecule has 6 heteroatoms. The molecule has 3 rings (SSSR count). The van der Waals surface area contributed by atoms with E-state index < -0.39 is 5.91 Å². The van der Waals surface area contributed by atoms with Crippen molar-refractivity contribution in [1.82, 2.24) is 9.97 Å². The maximum absolute atomic E-state index is 13.7. The molecule has 0 atom stereocenters. The van der Waals surface area contributed by atoms with Gasteiger partial charge in [0, 0.05) is 23.6 Å². The molecule has 1 aromatic carbocycles. The topological polar surface area (TPSA) is 83.8 Å². The van der Waals surface area contributed by atoms with Crippen molar-refractivity contribution in [3.05, 3.63) is 35.8 Å². The smallest absolute Gasteiger partial charge is 0.252 e. The predicted molar refractivity (Wildman–Crippen MR) is 104 cm³/mol. The summed E-state index contributed by atoms with van der Waals surface area (Å²) in [4.78, 5) is 19.3. The molecule has 0 fully saturated rings. The number of fused-ring (bicyclic) bond motifs is 3. The van der Waals surface area contributed by atoms with Crippen LogP contribution in [-0.2, 0) is 0 Å². The van der Waals surface area contributed by atoms with Crippen LogP contribution in [0.4, 0.5) is 10.2 Å². The summed E-state index contributed by atoms with van der Waals surface area (Å²) < 4.78 is 13.7. The Hall–Kier alpha value is -2.63. The number of halogens is 1. The molecule has 0 saturated heterocycles. The maximum Gasteiger partial charge on any atom is 0.252 e. The zero-order chi connectivity index (χ0) is 18.5. The van der Waals surface area contributed by atoms with Gasteiger partial charge >= 0.3 is 0 Å². The van der Waals surface area contributed by atoms with Gasteiger partial charge in [-0.1, -0.05) is 39.0 Å². The van der Waals surface area contributed by atoms with Gasteiger partial charge in [0.1, 0.15) is 11.6 Å². The molecule has 0 aliphatic heterocycles. The zero-order valence-electron chi connectivity index (χ0n) is 15.1. The Morgan fingerprint density at radius 3 is 2.77 bits per heavy atom. The lowest BCUT2D eigenvalue weighted by Gasteiger charge is -2.09. The highest BCUT2D eigenvalue weighted by Crippen LogP contribution is 2.32. The third kappa shape index (κ3) is 3.79. The van der Waals surface area contributed by atoms with Gasteiger partial charge in [-0.15, -0.1) is 0 Å². The molecule has 26 heavy (non-hydrogen) atoms. The van der Waals surface area contributed by atoms with Crippen LogP contribution in [-0.4, -0.2) is 22.4 Å². The van der Waals surface area contributed by atoms with Crippen LogP contribution in [0.15, 0.2) is 24.4 Å². The van der Waals surface area contributed by atoms with E-state index in [4.69, 9.17) is 5.73 Å². The van der Waals surface area contributed by atoms with E-state index in [1.54, 1.807) is 6.07 Å². The minimum absolute atomic E-state index is 0.307. The number of anilines is 1. The van der Waals surface area contributed by atoms with Gasteiger partial charge < -0.3 is 16.0 Å². The number of nitrogens with one attached hydrogen (secondary N) is 2. The predicted octanol–water partition coefficient (Wildman–Crippen LogP) is 4.73. The summed E-state index contributed by atoms with van der Waals surface area (Å²) in [5.74, 6) is -0.239. The van der Waals surface area contributed by atoms with E-state index in [-0.39, 0.29) is 5.82 Å². The molecule has 3 aromatic rings. The molecule has 1 amide bonds. The second-order valence-corrected chi connectivity index (χ2v) is 6.64. The van der Waals surface area contributed by atoms with E-state index in [0.29, 0.717) is 27.7 Å². The number of carbonyl (C=O) groups is 1. The van der Waals surface area contributed by atoms with Crippen molar-refractivity contribution in [2.24, 2.45) is 5.73 Å². The van der Waals surface area contributed by atoms with Gasteiger partial charge in [-0.05, 0) is 24.6 Å². The standard InChI is InChI=1S/C20H25FN4O/c1-2-3-4-5-6-7-10-23-20-17-14-11-13(21)8-9-16(14)25-18(17)15(12-24-20)19(22)26/h8-9,11-12,25H,2-7,10H2,1H3,(H2,22,26)(H,23,24). The molecule has 138 valence electrons. The molecular weight excluding hydrogens is 331 g/mol. The Morgan fingerprint density at radius 2 is 2.00 bits per heavy atom. The van der Waals surface area contributed by atoms with Crippen LogP contribution >= 0.6 is 0 Å². The molecule has 2 aromatic heterocycles. The summed E-state index contributed by atoms with van der Waals surface area (Å²) >= 11 is 0. The average molecular weight is 356 g/mol. The fourth-order valence-corrected chi connectivity index (χ4v) is 3.30. The fourth-order valence-electron chi connectivity index (χ4n) is 3.30. The number of rotatable bonds is 9. The van der Waals surface area contributed by atoms with Gasteiger partial charge in [-0.3, -0.25) is 4.79 Å². The second-order valence-electron chi connectivity index (χ2n) is 6.64. The highest BCUT2D eigenvalue weighted by Gasteiger charge is 2.17. The lowest BCUT2D eigenvalue weighted by molar-refractivity contribution is 0.100. The summed E-state index contributed by atoms with van der Waals surface area (Å²) in [5.41, 5.74) is 7.12. The number of amides is 1. The van der Waals surface area contributed by atoms with E-state index in [0.717, 1.165) is 24.9 Å². The number of hydrogen-bond acceptors (Lipinski definition) is 3. The van der Waals surface area contributed by atoms with Crippen molar-refractivity contribution >= 4 is 33.5 Å². The number of primary amides is 1. The Labute approximate surface area is 152 Å². The molecule has 0 radical (unpaired) electrons. The van der Waals surface area contributed by atoms with Crippen LogP contribution in [0.5, 0.6) is 0 Å². The normalized spacial score (nSPS) is 11.3. The minimum Gasteiger partial charge on any atom is -0.369 e. The van der Waals surface area contributed by atoms with Crippen molar-refractivity contribution in [1.29, 1.82) is 0 Å². The van der Waals surface area contributed by atoms with Crippen LogP contribution < -0.4 is 11.1 Å². The summed E-state index contributed by atoms with van der Waals surface area (Å²) in [6.45, 7) is 2.99. The molecule has 0 aliphatic carbocycles. The largest absolute Gasteiger partial charge is 0.369 e. The van der Waals surface area contributed by atoms with Crippen LogP contribution in [0.3, 0.4) is 0 Å². The maximum atomic E-state index is 13.7. The number of nitrogens with two attached hydrogens (primary N) is 1. The first-order valence-electron chi connectivity index (χ1n) is 9.25. The van der Waals surface area contributed by atoms with Crippen molar-refractivity contribution in [3.63, 3.8) is 0 Å². The molecule has 0 unspecified atom stereocenters. The molecular formula is C20H25FN4O. The van der Waals surface area contributed by atoms with Gasteiger partial charge in [0.2, 0.25) is 0 Å². The summed E-state index contributed by atoms with van der Waals surface area (Å²) in [6, 6.07) is 4.50. The van der Waals surface area contributed by atoms with E-state index >= 15 is 0 Å². The first-order chi connectivity index (χ1) is 12.6. The minimum atomic E-state index is -0.558. The number of aromatic amines is 1. The van der Waals surface area contributed by atoms with Gasteiger partial charge in [0.15, 0.2) is 0 Å². The van der Waals surface area contributed by atoms with E-state index in [9.17, 15) is 9.18 Å². The zero-order valence-corrected chi connectivity index (χ0v) is 15.1. The lowest BCUT2D eigenvalue weighted by Crippen LogP contribution is -2.13. The fraction of sp³-hybridized carbons (Fsp3) is 0.400. The number of carbonyl (C=O) groups excluding carboxylic acids is 1. The highest BCUT2D eigenvalue weighted by molar-refractivity contribution is 6.18. The molecule has 2 heterocycles. The Kier molecular flexibility index (Phi) is 5.71. The van der Waals surface area contributed by atoms with Crippen molar-refractivity contribution in [2.75, 3.05) is 11.9 Å². The molecule has 0 aliphatic rings. The highest BCUT2D eigenvalue weighted by atomic mass is 19.1. The quantitative estimate of drug-likeness (QED) is 0.485. The van der Waals surface area contributed by atoms with Crippen LogP contribution in [0, 0.1) is 5.82 Å². The monoisotopic (exact) mass is 356 g/mol. The molecule has 5 nitrogen and oxygen atoms in total. The lowest BCUT2D eigenvalue weighted by atomic mass is 10.1. The Balaban J connectivity index is 1.85. The third-order valence-electron chi connectivity index (χ3n) is 4.68. The van der Waals surface area contributed by atoms with Crippen LogP contribution in [0.2, 0.25) is 0 Å². The number of nitrogens with zero attached hydrogens (tertiary/aromatic N) is 1. The number of aromatic nitrogens is 2. The SMILES string of the molecule is CCCCCCCCNc1ncc(C(N)=O)c2[nH]c3ccc(F)cc3c12. The molecule has 0 bridgehead atoms. The van der Waals surface area contributed by atoms with Crippen LogP contribution in [0.25, 0.3) is 21.8 Å². The third-order valence-corrected chi connectivity index (χ3v) is 4.68. The molecule has 0 spiro atoms. The van der Waals surface area contributed by atoms with Gasteiger partial charge in [0.05, 0.1) is 16.5 Å². The first kappa shape index (κ1) is 18.2. The second kappa shape index (κ2) is 8.17.